The van der Waals surface area contributed by atoms with E-state index in [1.165, 1.54) is 16.7 Å². The van der Waals surface area contributed by atoms with Crippen LogP contribution in [0.2, 0.25) is 0 Å². The highest BCUT2D eigenvalue weighted by atomic mass is 31.2. The Morgan fingerprint density at radius 1 is 0.667 bits per heavy atom. The summed E-state index contributed by atoms with van der Waals surface area (Å²) in [4.78, 5) is 2.43. The van der Waals surface area contributed by atoms with Gasteiger partial charge in [0.25, 0.3) is 0 Å². The molecule has 1 atom stereocenters. The maximum Gasteiger partial charge on any atom is 0.326 e. The van der Waals surface area contributed by atoms with Gasteiger partial charge in [0.1, 0.15) is 11.5 Å². The Balaban J connectivity index is 1.52. The van der Waals surface area contributed by atoms with E-state index < -0.39 is 8.38 Å². The van der Waals surface area contributed by atoms with E-state index in [1.54, 1.807) is 0 Å². The van der Waals surface area contributed by atoms with Crippen molar-refractivity contribution in [2.24, 2.45) is 0 Å². The Bertz CT molecular complexity index is 1250. The van der Waals surface area contributed by atoms with Crippen molar-refractivity contribution in [1.29, 1.82) is 0 Å². The minimum Gasteiger partial charge on any atom is -0.435 e. The van der Waals surface area contributed by atoms with Crippen molar-refractivity contribution in [3.63, 3.8) is 0 Å². The molecule has 4 aromatic rings. The van der Waals surface area contributed by atoms with Crippen LogP contribution in [-0.4, -0.2) is 18.0 Å². The Morgan fingerprint density at radius 2 is 1.27 bits per heavy atom. The summed E-state index contributed by atoms with van der Waals surface area (Å²) in [5.41, 5.74) is 5.92. The van der Waals surface area contributed by atoms with Crippen molar-refractivity contribution in [3.05, 3.63) is 103 Å². The minimum atomic E-state index is -1.30. The van der Waals surface area contributed by atoms with Crippen molar-refractivity contribution < 1.29 is 9.05 Å². The molecule has 0 aliphatic carbocycles. The molecular weight excluding hydrogens is 425 g/mol. The summed E-state index contributed by atoms with van der Waals surface area (Å²) in [6, 6.07) is 33.5. The molecule has 1 unspecified atom stereocenters. The van der Waals surface area contributed by atoms with Crippen molar-refractivity contribution in [3.8, 4) is 33.8 Å². The molecule has 0 N–H and O–H groups in total. The first-order chi connectivity index (χ1) is 16.3. The van der Waals surface area contributed by atoms with Gasteiger partial charge in [-0.2, -0.15) is 0 Å². The van der Waals surface area contributed by atoms with E-state index in [1.807, 2.05) is 18.2 Å². The molecule has 4 aromatic carbocycles. The third-order valence-electron chi connectivity index (χ3n) is 6.12. The number of benzene rings is 4. The van der Waals surface area contributed by atoms with Gasteiger partial charge in [0.15, 0.2) is 0 Å². The van der Waals surface area contributed by atoms with Crippen LogP contribution in [0, 0.1) is 0 Å². The molecule has 1 heterocycles. The molecule has 166 valence electrons. The monoisotopic (exact) mass is 453 g/mol. The van der Waals surface area contributed by atoms with Crippen LogP contribution in [0.25, 0.3) is 22.3 Å². The predicted molar refractivity (Wildman–Crippen MR) is 138 cm³/mol. The number of nitrogens with zero attached hydrogens (tertiary/aromatic N) is 1. The van der Waals surface area contributed by atoms with Gasteiger partial charge < -0.3 is 9.05 Å². The quantitative estimate of drug-likeness (QED) is 0.275. The largest absolute Gasteiger partial charge is 0.435 e. The number of rotatable bonds is 7. The Labute approximate surface area is 197 Å². The highest BCUT2D eigenvalue weighted by Crippen LogP contribution is 2.50. The average Bonchev–Trinajstić information content (AvgIpc) is 2.88. The van der Waals surface area contributed by atoms with Crippen LogP contribution >= 0.6 is 8.38 Å². The van der Waals surface area contributed by atoms with E-state index >= 15 is 0 Å². The predicted octanol–water partition coefficient (Wildman–Crippen LogP) is 7.27. The van der Waals surface area contributed by atoms with E-state index in [-0.39, 0.29) is 0 Å². The number of hydrogen-bond donors (Lipinski definition) is 0. The molecule has 0 saturated carbocycles. The van der Waals surface area contributed by atoms with Crippen LogP contribution in [0.4, 0.5) is 0 Å². The molecule has 0 bridgehead atoms. The van der Waals surface area contributed by atoms with Crippen LogP contribution in [0.1, 0.15) is 19.4 Å². The van der Waals surface area contributed by atoms with Crippen molar-refractivity contribution in [1.82, 2.24) is 4.90 Å². The Hall–Kier alpha value is -3.13. The lowest BCUT2D eigenvalue weighted by atomic mass is 9.98. The fourth-order valence-corrected chi connectivity index (χ4v) is 5.81. The third-order valence-corrected chi connectivity index (χ3v) is 7.63. The van der Waals surface area contributed by atoms with Gasteiger partial charge in [0.2, 0.25) is 0 Å². The van der Waals surface area contributed by atoms with Crippen LogP contribution < -0.4 is 14.4 Å². The summed E-state index contributed by atoms with van der Waals surface area (Å²) in [7, 11) is -1.30. The fourth-order valence-electron chi connectivity index (χ4n) is 4.30. The van der Waals surface area contributed by atoms with Gasteiger partial charge in [-0.15, -0.1) is 0 Å². The van der Waals surface area contributed by atoms with Gasteiger partial charge >= 0.3 is 8.38 Å². The zero-order chi connectivity index (χ0) is 22.6. The first-order valence-corrected chi connectivity index (χ1v) is 12.7. The molecule has 0 spiro atoms. The van der Waals surface area contributed by atoms with Crippen molar-refractivity contribution in [2.75, 3.05) is 13.1 Å². The van der Waals surface area contributed by atoms with Crippen LogP contribution in [0.5, 0.6) is 11.5 Å². The second kappa shape index (κ2) is 9.79. The molecule has 33 heavy (non-hydrogen) atoms. The van der Waals surface area contributed by atoms with E-state index in [0.29, 0.717) is 0 Å². The molecule has 0 aromatic heterocycles. The van der Waals surface area contributed by atoms with E-state index in [2.05, 4.69) is 97.6 Å². The normalized spacial score (nSPS) is 14.3. The first-order valence-electron chi connectivity index (χ1n) is 11.5. The lowest BCUT2D eigenvalue weighted by Crippen LogP contribution is -2.22. The summed E-state index contributed by atoms with van der Waals surface area (Å²) >= 11 is 0. The summed E-state index contributed by atoms with van der Waals surface area (Å²) in [6.45, 7) is 7.39. The fraction of sp³-hybridized carbons (Fsp3) is 0.172. The number of para-hydroxylation sites is 2. The molecular formula is C29H28NO2P. The molecule has 0 saturated heterocycles. The van der Waals surface area contributed by atoms with E-state index in [0.717, 1.165) is 47.6 Å². The SMILES string of the molecule is CCN(CC)Cc1ccccc1-c1ccccc1OP1Oc2ccccc2-c2ccccc21. The van der Waals surface area contributed by atoms with Gasteiger partial charge in [-0.1, -0.05) is 92.7 Å². The summed E-state index contributed by atoms with van der Waals surface area (Å²) in [5.74, 6) is 1.73. The lowest BCUT2D eigenvalue weighted by Gasteiger charge is -2.28. The van der Waals surface area contributed by atoms with Gasteiger partial charge in [0.05, 0.1) is 5.30 Å². The smallest absolute Gasteiger partial charge is 0.326 e. The maximum atomic E-state index is 6.67. The van der Waals surface area contributed by atoms with Gasteiger partial charge in [-0.25, -0.2) is 0 Å². The zero-order valence-corrected chi connectivity index (χ0v) is 20.0. The summed E-state index contributed by atoms with van der Waals surface area (Å²) < 4.78 is 13.1. The third kappa shape index (κ3) is 4.39. The average molecular weight is 454 g/mol. The molecule has 5 rings (SSSR count). The summed E-state index contributed by atoms with van der Waals surface area (Å²) in [6.07, 6.45) is 0. The second-order valence-electron chi connectivity index (χ2n) is 8.07. The van der Waals surface area contributed by atoms with Crippen molar-refractivity contribution >= 4 is 13.7 Å². The van der Waals surface area contributed by atoms with Gasteiger partial charge in [0, 0.05) is 17.7 Å². The first kappa shape index (κ1) is 21.7. The lowest BCUT2D eigenvalue weighted by molar-refractivity contribution is 0.296. The van der Waals surface area contributed by atoms with Crippen molar-refractivity contribution in [2.45, 2.75) is 20.4 Å². The zero-order valence-electron chi connectivity index (χ0n) is 19.1. The topological polar surface area (TPSA) is 21.7 Å². The Kier molecular flexibility index (Phi) is 6.44. The van der Waals surface area contributed by atoms with E-state index in [4.69, 9.17) is 9.05 Å². The molecule has 0 fully saturated rings. The van der Waals surface area contributed by atoms with Crippen LogP contribution in [0.15, 0.2) is 97.1 Å². The molecule has 1 aliphatic heterocycles. The summed E-state index contributed by atoms with van der Waals surface area (Å²) in [5, 5.41) is 1.11. The van der Waals surface area contributed by atoms with Gasteiger partial charge in [-0.3, -0.25) is 4.90 Å². The standard InChI is InChI=1S/C29H28NO2P/c1-3-30(4-2)21-22-13-5-6-14-23(22)24-15-7-10-18-27(24)31-33-29-20-12-9-17-26(29)25-16-8-11-19-28(25)32-33/h5-20H,3-4,21H2,1-2H3. The van der Waals surface area contributed by atoms with Crippen LogP contribution in [-0.2, 0) is 6.54 Å². The molecule has 4 heteroatoms. The highest BCUT2D eigenvalue weighted by Gasteiger charge is 2.29. The number of hydrogen-bond acceptors (Lipinski definition) is 3. The van der Waals surface area contributed by atoms with E-state index in [9.17, 15) is 0 Å². The number of fused-ring (bicyclic) bond motifs is 3. The Morgan fingerprint density at radius 3 is 2.06 bits per heavy atom. The molecule has 0 amide bonds. The second-order valence-corrected chi connectivity index (χ2v) is 9.43. The molecule has 0 radical (unpaired) electrons. The molecule has 3 nitrogen and oxygen atoms in total. The maximum absolute atomic E-state index is 6.67. The highest BCUT2D eigenvalue weighted by molar-refractivity contribution is 7.57. The van der Waals surface area contributed by atoms with Crippen LogP contribution in [0.3, 0.4) is 0 Å². The molecule has 1 aliphatic rings. The minimum absolute atomic E-state index is 0.852. The van der Waals surface area contributed by atoms with Gasteiger partial charge in [-0.05, 0) is 48.0 Å².